The number of primary sulfonamides is 1. The number of amides is 1. The van der Waals surface area contributed by atoms with Gasteiger partial charge in [-0.05, 0) is 49.4 Å². The van der Waals surface area contributed by atoms with Crippen LogP contribution in [0.5, 0.6) is 5.75 Å². The van der Waals surface area contributed by atoms with E-state index in [4.69, 9.17) is 26.2 Å². The summed E-state index contributed by atoms with van der Waals surface area (Å²) in [5.41, 5.74) is 0.401. The number of hydrogen-bond donors (Lipinski definition) is 2. The topological polar surface area (TPSA) is 125 Å². The van der Waals surface area contributed by atoms with Crippen LogP contribution >= 0.6 is 11.6 Å². The van der Waals surface area contributed by atoms with Crippen LogP contribution < -0.4 is 15.2 Å². The van der Waals surface area contributed by atoms with Crippen molar-refractivity contribution in [1.82, 2.24) is 0 Å². The van der Waals surface area contributed by atoms with Gasteiger partial charge in [-0.1, -0.05) is 11.6 Å². The SMILES string of the molecule is COc1ccc(Cl)cc1C(=O)O[C@@H](C)C(=O)Nc1ccc(S(N)(=O)=O)cc1. The number of hydrogen-bond acceptors (Lipinski definition) is 6. The van der Waals surface area contributed by atoms with Crippen LogP contribution in [-0.2, 0) is 19.6 Å². The minimum absolute atomic E-state index is 0.0853. The number of sulfonamides is 1. The number of anilines is 1. The van der Waals surface area contributed by atoms with E-state index in [0.29, 0.717) is 10.7 Å². The highest BCUT2D eigenvalue weighted by atomic mass is 35.5. The summed E-state index contributed by atoms with van der Waals surface area (Å²) in [6.45, 7) is 1.39. The molecule has 0 saturated heterocycles. The zero-order valence-electron chi connectivity index (χ0n) is 14.4. The van der Waals surface area contributed by atoms with Gasteiger partial charge in [0.1, 0.15) is 11.3 Å². The van der Waals surface area contributed by atoms with Gasteiger partial charge in [-0.3, -0.25) is 4.79 Å². The molecule has 2 rings (SSSR count). The Morgan fingerprint density at radius 2 is 1.78 bits per heavy atom. The Hall–Kier alpha value is -2.62. The Balaban J connectivity index is 2.05. The third-order valence-corrected chi connectivity index (χ3v) is 4.65. The number of ether oxygens (including phenoxy) is 2. The molecular formula is C17H17ClN2O6S. The standard InChI is InChI=1S/C17H17ClN2O6S/c1-10(26-17(22)14-9-11(18)3-8-15(14)25-2)16(21)20-12-4-6-13(7-5-12)27(19,23)24/h3-10H,1-2H3,(H,20,21)(H2,19,23,24)/t10-/m0/s1. The number of nitrogens with two attached hydrogens (primary N) is 1. The van der Waals surface area contributed by atoms with Crippen LogP contribution in [0, 0.1) is 0 Å². The highest BCUT2D eigenvalue weighted by molar-refractivity contribution is 7.89. The van der Waals surface area contributed by atoms with Gasteiger partial charge in [-0.25, -0.2) is 18.4 Å². The lowest BCUT2D eigenvalue weighted by Crippen LogP contribution is -2.30. The molecule has 0 bridgehead atoms. The van der Waals surface area contributed by atoms with E-state index in [1.54, 1.807) is 6.07 Å². The first-order valence-electron chi connectivity index (χ1n) is 7.60. The quantitative estimate of drug-likeness (QED) is 0.700. The molecule has 2 aromatic carbocycles. The molecule has 0 fully saturated rings. The summed E-state index contributed by atoms with van der Waals surface area (Å²) in [5.74, 6) is -1.12. The first-order valence-corrected chi connectivity index (χ1v) is 9.52. The fraction of sp³-hybridized carbons (Fsp3) is 0.176. The molecule has 0 heterocycles. The van der Waals surface area contributed by atoms with E-state index in [0.717, 1.165) is 0 Å². The van der Waals surface area contributed by atoms with E-state index < -0.39 is 28.0 Å². The lowest BCUT2D eigenvalue weighted by molar-refractivity contribution is -0.123. The van der Waals surface area contributed by atoms with E-state index in [1.165, 1.54) is 50.4 Å². The molecule has 27 heavy (non-hydrogen) atoms. The summed E-state index contributed by atoms with van der Waals surface area (Å²) in [5, 5.41) is 7.83. The summed E-state index contributed by atoms with van der Waals surface area (Å²) in [4.78, 5) is 24.4. The highest BCUT2D eigenvalue weighted by Crippen LogP contribution is 2.24. The van der Waals surface area contributed by atoms with Gasteiger partial charge < -0.3 is 14.8 Å². The van der Waals surface area contributed by atoms with Gasteiger partial charge in [0.05, 0.1) is 12.0 Å². The average Bonchev–Trinajstić information content (AvgIpc) is 2.61. The zero-order chi connectivity index (χ0) is 20.2. The average molecular weight is 413 g/mol. The molecule has 2 aromatic rings. The van der Waals surface area contributed by atoms with Crippen molar-refractivity contribution in [2.75, 3.05) is 12.4 Å². The van der Waals surface area contributed by atoms with E-state index in [2.05, 4.69) is 5.32 Å². The van der Waals surface area contributed by atoms with Crippen LogP contribution in [0.1, 0.15) is 17.3 Å². The molecular weight excluding hydrogens is 396 g/mol. The monoisotopic (exact) mass is 412 g/mol. The van der Waals surface area contributed by atoms with Crippen LogP contribution in [0.2, 0.25) is 5.02 Å². The number of carbonyl (C=O) groups is 2. The lowest BCUT2D eigenvalue weighted by Gasteiger charge is -2.15. The predicted molar refractivity (Wildman–Crippen MR) is 99.3 cm³/mol. The van der Waals surface area contributed by atoms with Gasteiger partial charge in [0, 0.05) is 10.7 Å². The van der Waals surface area contributed by atoms with Crippen molar-refractivity contribution in [3.8, 4) is 5.75 Å². The molecule has 1 atom stereocenters. The van der Waals surface area contributed by atoms with Crippen molar-refractivity contribution in [3.63, 3.8) is 0 Å². The van der Waals surface area contributed by atoms with E-state index in [-0.39, 0.29) is 16.2 Å². The van der Waals surface area contributed by atoms with Crippen molar-refractivity contribution in [2.24, 2.45) is 5.14 Å². The van der Waals surface area contributed by atoms with Gasteiger partial charge in [0.25, 0.3) is 5.91 Å². The molecule has 0 unspecified atom stereocenters. The van der Waals surface area contributed by atoms with E-state index in [1.807, 2.05) is 0 Å². The van der Waals surface area contributed by atoms with Crippen molar-refractivity contribution in [2.45, 2.75) is 17.9 Å². The normalized spacial score (nSPS) is 12.1. The molecule has 8 nitrogen and oxygen atoms in total. The minimum atomic E-state index is -3.83. The molecule has 0 aliphatic rings. The second-order valence-electron chi connectivity index (χ2n) is 5.45. The largest absolute Gasteiger partial charge is 0.496 e. The second-order valence-corrected chi connectivity index (χ2v) is 7.45. The van der Waals surface area contributed by atoms with Crippen LogP contribution in [0.4, 0.5) is 5.69 Å². The molecule has 3 N–H and O–H groups in total. The fourth-order valence-corrected chi connectivity index (χ4v) is 2.78. The summed E-state index contributed by atoms with van der Waals surface area (Å²) >= 11 is 5.87. The van der Waals surface area contributed by atoms with Crippen LogP contribution in [0.15, 0.2) is 47.4 Å². The second kappa shape index (κ2) is 8.38. The number of carbonyl (C=O) groups excluding carboxylic acids is 2. The first-order chi connectivity index (χ1) is 12.6. The maximum Gasteiger partial charge on any atom is 0.342 e. The first kappa shape index (κ1) is 20.7. The molecule has 0 spiro atoms. The Bertz CT molecular complexity index is 960. The van der Waals surface area contributed by atoms with Crippen LogP contribution in [0.3, 0.4) is 0 Å². The number of halogens is 1. The van der Waals surface area contributed by atoms with Crippen molar-refractivity contribution in [3.05, 3.63) is 53.1 Å². The maximum atomic E-state index is 12.3. The molecule has 1 amide bonds. The summed E-state index contributed by atoms with van der Waals surface area (Å²) < 4.78 is 32.7. The minimum Gasteiger partial charge on any atom is -0.496 e. The van der Waals surface area contributed by atoms with Gasteiger partial charge in [-0.15, -0.1) is 0 Å². The number of methoxy groups -OCH3 is 1. The number of esters is 1. The number of nitrogens with one attached hydrogen (secondary N) is 1. The number of rotatable bonds is 6. The summed E-state index contributed by atoms with van der Waals surface area (Å²) in [6, 6.07) is 9.67. The summed E-state index contributed by atoms with van der Waals surface area (Å²) in [7, 11) is -2.44. The predicted octanol–water partition coefficient (Wildman–Crippen LogP) is 2.18. The number of benzene rings is 2. The van der Waals surface area contributed by atoms with Crippen molar-refractivity contribution in [1.29, 1.82) is 0 Å². The Labute approximate surface area is 161 Å². The van der Waals surface area contributed by atoms with E-state index >= 15 is 0 Å². The van der Waals surface area contributed by atoms with Gasteiger partial charge in [-0.2, -0.15) is 0 Å². The molecule has 0 aromatic heterocycles. The third-order valence-electron chi connectivity index (χ3n) is 3.48. The Morgan fingerprint density at radius 3 is 2.33 bits per heavy atom. The fourth-order valence-electron chi connectivity index (χ4n) is 2.09. The zero-order valence-corrected chi connectivity index (χ0v) is 16.0. The van der Waals surface area contributed by atoms with Gasteiger partial charge in [0.15, 0.2) is 6.10 Å². The highest BCUT2D eigenvalue weighted by Gasteiger charge is 2.22. The van der Waals surface area contributed by atoms with E-state index in [9.17, 15) is 18.0 Å². The van der Waals surface area contributed by atoms with Crippen molar-refractivity contribution < 1.29 is 27.5 Å². The van der Waals surface area contributed by atoms with Gasteiger partial charge in [0.2, 0.25) is 10.0 Å². The maximum absolute atomic E-state index is 12.3. The van der Waals surface area contributed by atoms with Gasteiger partial charge >= 0.3 is 5.97 Å². The molecule has 10 heteroatoms. The van der Waals surface area contributed by atoms with Crippen LogP contribution in [-0.4, -0.2) is 33.5 Å². The Kier molecular flexibility index (Phi) is 6.42. The smallest absolute Gasteiger partial charge is 0.342 e. The Morgan fingerprint density at radius 1 is 1.15 bits per heavy atom. The lowest BCUT2D eigenvalue weighted by atomic mass is 10.2. The molecule has 0 saturated carbocycles. The molecule has 144 valence electrons. The van der Waals surface area contributed by atoms with Crippen LogP contribution in [0.25, 0.3) is 0 Å². The molecule has 0 aliphatic heterocycles. The molecule has 0 radical (unpaired) electrons. The molecule has 0 aliphatic carbocycles. The van der Waals surface area contributed by atoms with Crippen molar-refractivity contribution >= 4 is 39.2 Å². The third kappa shape index (κ3) is 5.43. The summed E-state index contributed by atoms with van der Waals surface area (Å²) in [6.07, 6.45) is -1.13.